The van der Waals surface area contributed by atoms with Crippen LogP contribution in [-0.2, 0) is 0 Å². The lowest BCUT2D eigenvalue weighted by atomic mass is 10.2. The first-order chi connectivity index (χ1) is 8.66. The van der Waals surface area contributed by atoms with Gasteiger partial charge in [0.05, 0.1) is 17.3 Å². The Morgan fingerprint density at radius 2 is 2.28 bits per heavy atom. The molecule has 0 saturated carbocycles. The van der Waals surface area contributed by atoms with E-state index in [1.807, 2.05) is 12.1 Å². The monoisotopic (exact) mass is 309 g/mol. The third-order valence-corrected chi connectivity index (χ3v) is 3.09. The minimum Gasteiger partial charge on any atom is -0.393 e. The maximum atomic E-state index is 9.20. The van der Waals surface area contributed by atoms with Crippen LogP contribution in [0.25, 0.3) is 11.0 Å². The number of pyridine rings is 2. The van der Waals surface area contributed by atoms with Crippen LogP contribution in [0, 0.1) is 0 Å². The van der Waals surface area contributed by atoms with Crippen LogP contribution >= 0.6 is 15.9 Å². The van der Waals surface area contributed by atoms with Gasteiger partial charge in [-0.3, -0.25) is 9.97 Å². The summed E-state index contributed by atoms with van der Waals surface area (Å²) in [4.78, 5) is 8.66. The second-order valence-corrected chi connectivity index (χ2v) is 5.21. The molecular weight excluding hydrogens is 294 g/mol. The van der Waals surface area contributed by atoms with Crippen molar-refractivity contribution in [2.45, 2.75) is 25.9 Å². The fraction of sp³-hybridized carbons (Fsp3) is 0.385. The van der Waals surface area contributed by atoms with Crippen molar-refractivity contribution >= 4 is 32.7 Å². The van der Waals surface area contributed by atoms with Gasteiger partial charge < -0.3 is 10.4 Å². The number of aliphatic hydroxyl groups excluding tert-OH is 1. The largest absolute Gasteiger partial charge is 0.393 e. The van der Waals surface area contributed by atoms with Gasteiger partial charge in [-0.15, -0.1) is 0 Å². The summed E-state index contributed by atoms with van der Waals surface area (Å²) < 4.78 is 0.925. The predicted octanol–water partition coefficient (Wildman–Crippen LogP) is 2.97. The van der Waals surface area contributed by atoms with Gasteiger partial charge in [-0.2, -0.15) is 0 Å². The summed E-state index contributed by atoms with van der Waals surface area (Å²) in [6.07, 6.45) is 5.03. The second-order valence-electron chi connectivity index (χ2n) is 4.30. The van der Waals surface area contributed by atoms with Gasteiger partial charge in [0.1, 0.15) is 5.52 Å². The number of halogens is 1. The molecular formula is C13H16BrN3O. The summed E-state index contributed by atoms with van der Waals surface area (Å²) in [7, 11) is 0. The van der Waals surface area contributed by atoms with Crippen LogP contribution < -0.4 is 5.32 Å². The van der Waals surface area contributed by atoms with Crippen molar-refractivity contribution in [3.8, 4) is 0 Å². The highest BCUT2D eigenvalue weighted by molar-refractivity contribution is 9.10. The van der Waals surface area contributed by atoms with Gasteiger partial charge in [-0.1, -0.05) is 0 Å². The first-order valence-electron chi connectivity index (χ1n) is 5.99. The van der Waals surface area contributed by atoms with Crippen LogP contribution in [0.5, 0.6) is 0 Å². The van der Waals surface area contributed by atoms with Crippen LogP contribution in [0.15, 0.2) is 29.0 Å². The number of fused-ring (bicyclic) bond motifs is 1. The van der Waals surface area contributed by atoms with E-state index in [4.69, 9.17) is 0 Å². The lowest BCUT2D eigenvalue weighted by Gasteiger charge is -2.09. The highest BCUT2D eigenvalue weighted by Gasteiger charge is 2.03. The fourth-order valence-corrected chi connectivity index (χ4v) is 2.09. The average molecular weight is 310 g/mol. The van der Waals surface area contributed by atoms with Gasteiger partial charge >= 0.3 is 0 Å². The van der Waals surface area contributed by atoms with Crippen molar-refractivity contribution in [3.05, 3.63) is 29.0 Å². The molecule has 1 unspecified atom stereocenters. The summed E-state index contributed by atoms with van der Waals surface area (Å²) in [5.74, 6) is 0. The zero-order chi connectivity index (χ0) is 13.0. The van der Waals surface area contributed by atoms with Crippen molar-refractivity contribution < 1.29 is 5.11 Å². The van der Waals surface area contributed by atoms with Crippen molar-refractivity contribution in [1.82, 2.24) is 9.97 Å². The Bertz CT molecular complexity index is 531. The lowest BCUT2D eigenvalue weighted by Crippen LogP contribution is -2.07. The topological polar surface area (TPSA) is 58.0 Å². The summed E-state index contributed by atoms with van der Waals surface area (Å²) in [5.41, 5.74) is 2.72. The maximum absolute atomic E-state index is 9.20. The number of nitrogens with zero attached hydrogens (tertiary/aromatic N) is 2. The first-order valence-corrected chi connectivity index (χ1v) is 6.78. The van der Waals surface area contributed by atoms with E-state index in [0.717, 1.165) is 40.6 Å². The van der Waals surface area contributed by atoms with Crippen LogP contribution in [0.1, 0.15) is 19.8 Å². The van der Waals surface area contributed by atoms with Crippen molar-refractivity contribution in [2.24, 2.45) is 0 Å². The number of nitrogens with one attached hydrogen (secondary N) is 1. The van der Waals surface area contributed by atoms with Gasteiger partial charge in [0.15, 0.2) is 0 Å². The van der Waals surface area contributed by atoms with Gasteiger partial charge in [0.25, 0.3) is 0 Å². The summed E-state index contributed by atoms with van der Waals surface area (Å²) in [5, 5.41) is 12.5. The van der Waals surface area contributed by atoms with E-state index in [1.54, 1.807) is 19.3 Å². The number of hydrogen-bond donors (Lipinski definition) is 2. The molecule has 2 heterocycles. The Balaban J connectivity index is 2.08. The average Bonchev–Trinajstić information content (AvgIpc) is 2.34. The quantitative estimate of drug-likeness (QED) is 0.834. The number of aromatic nitrogens is 2. The number of hydrogen-bond acceptors (Lipinski definition) is 4. The smallest absolute Gasteiger partial charge is 0.112 e. The van der Waals surface area contributed by atoms with E-state index in [1.165, 1.54) is 0 Å². The van der Waals surface area contributed by atoms with Gasteiger partial charge in [0.2, 0.25) is 0 Å². The molecule has 2 N–H and O–H groups in total. The Hall–Kier alpha value is -1.20. The summed E-state index contributed by atoms with van der Waals surface area (Å²) in [6, 6.07) is 3.87. The molecule has 2 aromatic heterocycles. The Labute approximate surface area is 115 Å². The fourth-order valence-electron chi connectivity index (χ4n) is 1.77. The zero-order valence-corrected chi connectivity index (χ0v) is 11.8. The molecule has 0 spiro atoms. The van der Waals surface area contributed by atoms with E-state index in [2.05, 4.69) is 31.2 Å². The van der Waals surface area contributed by atoms with E-state index < -0.39 is 0 Å². The minimum absolute atomic E-state index is 0.241. The highest BCUT2D eigenvalue weighted by Crippen LogP contribution is 2.21. The van der Waals surface area contributed by atoms with Crippen LogP contribution in [0.4, 0.5) is 5.69 Å². The third kappa shape index (κ3) is 3.40. The third-order valence-electron chi connectivity index (χ3n) is 2.66. The van der Waals surface area contributed by atoms with Crippen molar-refractivity contribution in [3.63, 3.8) is 0 Å². The molecule has 2 rings (SSSR count). The van der Waals surface area contributed by atoms with Gasteiger partial charge in [-0.05, 0) is 47.8 Å². The summed E-state index contributed by atoms with van der Waals surface area (Å²) in [6.45, 7) is 2.63. The van der Waals surface area contributed by atoms with Crippen LogP contribution in [0.3, 0.4) is 0 Å². The molecule has 0 radical (unpaired) electrons. The molecule has 0 aliphatic rings. The molecule has 96 valence electrons. The number of anilines is 1. The van der Waals surface area contributed by atoms with Crippen molar-refractivity contribution in [1.29, 1.82) is 0 Å². The molecule has 0 bridgehead atoms. The van der Waals surface area contributed by atoms with Crippen LogP contribution in [-0.4, -0.2) is 27.7 Å². The first kappa shape index (κ1) is 13.2. The minimum atomic E-state index is -0.241. The molecule has 1 atom stereocenters. The Morgan fingerprint density at radius 1 is 1.44 bits per heavy atom. The highest BCUT2D eigenvalue weighted by atomic mass is 79.9. The van der Waals surface area contributed by atoms with Crippen LogP contribution in [0.2, 0.25) is 0 Å². The molecule has 4 nitrogen and oxygen atoms in total. The molecule has 0 fully saturated rings. The second kappa shape index (κ2) is 6.11. The van der Waals surface area contributed by atoms with Gasteiger partial charge in [-0.25, -0.2) is 0 Å². The molecule has 0 amide bonds. The zero-order valence-electron chi connectivity index (χ0n) is 10.2. The van der Waals surface area contributed by atoms with E-state index in [-0.39, 0.29) is 6.10 Å². The van der Waals surface area contributed by atoms with E-state index in [9.17, 15) is 5.11 Å². The Kier molecular flexibility index (Phi) is 4.49. The van der Waals surface area contributed by atoms with E-state index >= 15 is 0 Å². The number of rotatable bonds is 5. The standard InChI is InChI=1S/C13H16BrN3O/c1-9(18)3-2-5-15-11-4-6-16-12-7-10(14)8-17-13(11)12/h4,6-9,18H,2-3,5H2,1H3,(H,15,16). The molecule has 2 aromatic rings. The molecule has 0 aliphatic heterocycles. The maximum Gasteiger partial charge on any atom is 0.112 e. The van der Waals surface area contributed by atoms with Crippen molar-refractivity contribution in [2.75, 3.05) is 11.9 Å². The molecule has 0 aromatic carbocycles. The summed E-state index contributed by atoms with van der Waals surface area (Å²) >= 11 is 3.39. The molecule has 0 aliphatic carbocycles. The van der Waals surface area contributed by atoms with Gasteiger partial charge in [0, 0.05) is 23.4 Å². The predicted molar refractivity (Wildman–Crippen MR) is 76.6 cm³/mol. The molecule has 5 heteroatoms. The molecule has 0 saturated heterocycles. The normalized spacial score (nSPS) is 12.6. The van der Waals surface area contributed by atoms with E-state index in [0.29, 0.717) is 0 Å². The SMILES string of the molecule is CC(O)CCCNc1ccnc2cc(Br)cnc12. The lowest BCUT2D eigenvalue weighted by molar-refractivity contribution is 0.183. The molecule has 18 heavy (non-hydrogen) atoms. The number of aliphatic hydroxyl groups is 1. The Morgan fingerprint density at radius 3 is 3.06 bits per heavy atom.